The van der Waals surface area contributed by atoms with Crippen molar-refractivity contribution in [3.05, 3.63) is 111 Å². The van der Waals surface area contributed by atoms with Gasteiger partial charge in [-0.1, -0.05) is 43.0 Å². The number of aliphatic hydroxyl groups excluding tert-OH is 5. The lowest BCUT2D eigenvalue weighted by Gasteiger charge is -2.47. The van der Waals surface area contributed by atoms with E-state index in [9.17, 15) is 60.3 Å². The fraction of sp³-hybridized carbons (Fsp3) is 0.451. The molecule has 8 rings (SSSR count). The molecule has 4 aliphatic rings. The van der Waals surface area contributed by atoms with Gasteiger partial charge in [0.15, 0.2) is 23.6 Å². The van der Waals surface area contributed by atoms with E-state index in [0.29, 0.717) is 48.2 Å². The first-order valence-electron chi connectivity index (χ1n) is 23.6. The van der Waals surface area contributed by atoms with Crippen LogP contribution in [0.5, 0.6) is 11.5 Å². The average molecular weight is 986 g/mol. The molecule has 1 aromatic heterocycles. The number of esters is 1. The third-order valence-corrected chi connectivity index (χ3v) is 13.3. The Balaban J connectivity index is 1.14. The van der Waals surface area contributed by atoms with Crippen LogP contribution in [0.15, 0.2) is 98.5 Å². The number of aliphatic imine (C=N–C) groups is 1. The Bertz CT molecular complexity index is 2730. The van der Waals surface area contributed by atoms with Crippen molar-refractivity contribution in [2.45, 2.75) is 113 Å². The number of nitrogens with one attached hydrogen (secondary N) is 1. The van der Waals surface area contributed by atoms with Crippen molar-refractivity contribution < 1.29 is 79.0 Å². The summed E-state index contributed by atoms with van der Waals surface area (Å²) in [6, 6.07) is 15.5. The molecule has 0 bridgehead atoms. The Hall–Kier alpha value is -6.04. The summed E-state index contributed by atoms with van der Waals surface area (Å²) < 4.78 is 23.7. The van der Waals surface area contributed by atoms with Gasteiger partial charge in [0.25, 0.3) is 5.79 Å². The second-order valence-corrected chi connectivity index (χ2v) is 18.4. The predicted octanol–water partition coefficient (Wildman–Crippen LogP) is 2.53. The zero-order valence-electron chi connectivity index (χ0n) is 38.9. The van der Waals surface area contributed by atoms with Crippen molar-refractivity contribution in [3.8, 4) is 22.6 Å². The van der Waals surface area contributed by atoms with Crippen molar-refractivity contribution in [2.24, 2.45) is 10.9 Å². The van der Waals surface area contributed by atoms with Crippen molar-refractivity contribution in [3.63, 3.8) is 0 Å². The summed E-state index contributed by atoms with van der Waals surface area (Å²) in [6.45, 7) is -0.256. The van der Waals surface area contributed by atoms with E-state index in [0.717, 1.165) is 42.4 Å². The highest BCUT2D eigenvalue weighted by molar-refractivity contribution is 5.95. The minimum atomic E-state index is -3.34. The van der Waals surface area contributed by atoms with E-state index in [1.165, 1.54) is 41.7 Å². The normalized spacial score (nSPS) is 23.5. The first kappa shape index (κ1) is 51.3. The quantitative estimate of drug-likeness (QED) is 0.0263. The Morgan fingerprint density at radius 1 is 0.944 bits per heavy atom. The van der Waals surface area contributed by atoms with E-state index in [2.05, 4.69) is 10.3 Å². The van der Waals surface area contributed by atoms with Crippen LogP contribution < -0.4 is 15.5 Å². The minimum Gasteiger partial charge on any atom is -0.508 e. The van der Waals surface area contributed by atoms with E-state index in [1.54, 1.807) is 24.4 Å². The molecule has 0 spiro atoms. The molecule has 3 aliphatic heterocycles. The number of carbonyl (C=O) groups is 2. The van der Waals surface area contributed by atoms with Gasteiger partial charge in [0, 0.05) is 49.1 Å². The van der Waals surface area contributed by atoms with Gasteiger partial charge < -0.3 is 64.6 Å². The third kappa shape index (κ3) is 10.9. The van der Waals surface area contributed by atoms with Gasteiger partial charge in [0.05, 0.1) is 28.9 Å². The number of aliphatic hydroxyl groups is 7. The van der Waals surface area contributed by atoms with Gasteiger partial charge in [-0.25, -0.2) is 5.06 Å². The number of ether oxygens (including phenoxy) is 3. The number of hydrogen-bond acceptors (Lipinski definition) is 19. The zero-order chi connectivity index (χ0) is 50.6. The number of benzene rings is 3. The zero-order valence-corrected chi connectivity index (χ0v) is 38.9. The van der Waals surface area contributed by atoms with Gasteiger partial charge in [0.1, 0.15) is 47.9 Å². The van der Waals surface area contributed by atoms with Crippen LogP contribution in [0.4, 0.5) is 0 Å². The van der Waals surface area contributed by atoms with E-state index in [4.69, 9.17) is 23.5 Å². The molecule has 8 atom stereocenters. The molecule has 10 N–H and O–H groups in total. The van der Waals surface area contributed by atoms with Crippen LogP contribution >= 0.6 is 0 Å². The summed E-state index contributed by atoms with van der Waals surface area (Å²) in [5.41, 5.74) is 2.04. The molecule has 71 heavy (non-hydrogen) atoms. The van der Waals surface area contributed by atoms with Gasteiger partial charge in [0.2, 0.25) is 6.29 Å². The number of aliphatic carboxylic acids is 1. The molecule has 1 saturated carbocycles. The molecular weight excluding hydrogens is 927 g/mol. The Morgan fingerprint density at radius 2 is 1.70 bits per heavy atom. The number of rotatable bonds is 20. The van der Waals surface area contributed by atoms with Crippen LogP contribution in [0.1, 0.15) is 68.1 Å². The number of hydrogen-bond donors (Lipinski definition) is 10. The summed E-state index contributed by atoms with van der Waals surface area (Å²) in [6.07, 6.45) is -0.837. The number of fused-ring (bicyclic) bond motifs is 2. The van der Waals surface area contributed by atoms with Crippen molar-refractivity contribution >= 4 is 34.8 Å². The van der Waals surface area contributed by atoms with Crippen LogP contribution in [-0.4, -0.2) is 144 Å². The standard InChI is InChI=1S/C51H59N3O17/c1-28-21-29(7-5-6-19-55)23-32(22-28)41-40-31(16-18-52-40)25-54(41)71-45-43(60)44(61)46(51(66,27-57)70-48(64)39(47(62)63)50(65,17-20-56)53-33-8-3-2-4-9-33)69-49(45)68-35-14-15-36-38(24-35)67-26-37(42(36)59)30-10-12-34(58)13-11-30/h10-16,18,21-24,26,33,39,43-46,49,53,55-58,60-61,65-66H,2-9,17,19-20,25,27H2,1H3,(H,62,63). The number of allylic oxidation sites excluding steroid dienone is 1. The number of carboxylic acids is 1. The molecule has 4 aromatic rings. The molecule has 20 heteroatoms. The maximum absolute atomic E-state index is 14.0. The first-order valence-corrected chi connectivity index (χ1v) is 23.6. The van der Waals surface area contributed by atoms with Gasteiger partial charge in [-0.2, -0.15) is 0 Å². The van der Waals surface area contributed by atoms with Gasteiger partial charge in [-0.3, -0.25) is 29.5 Å². The highest BCUT2D eigenvalue weighted by atomic mass is 16.8. The summed E-state index contributed by atoms with van der Waals surface area (Å²) in [7, 11) is 0. The number of hydroxylamine groups is 2. The van der Waals surface area contributed by atoms with Crippen molar-refractivity contribution in [1.82, 2.24) is 10.4 Å². The number of carboxylic acid groups (broad SMARTS) is 1. The molecule has 20 nitrogen and oxygen atoms in total. The Labute approximate surface area is 407 Å². The number of aryl methyl sites for hydroxylation is 2. The minimum absolute atomic E-state index is 0.000839. The first-order chi connectivity index (χ1) is 34.1. The monoisotopic (exact) mass is 985 g/mol. The SMILES string of the molecule is Cc1cc(CCCCO)cc(C2=C3N=CC=C3CN2OC2C(Oc3ccc4c(=O)c(-c5ccc(O)cc5)coc4c3)OC(C(O)(CO)OC(=O)C(C(=O)O)C(O)(CCO)NC3CCCCC3)C(O)C2O)c1. The highest BCUT2D eigenvalue weighted by Gasteiger charge is 2.59. The lowest BCUT2D eigenvalue weighted by molar-refractivity contribution is -0.372. The number of nitrogens with zero attached hydrogens (tertiary/aromatic N) is 2. The van der Waals surface area contributed by atoms with Crippen molar-refractivity contribution in [1.29, 1.82) is 0 Å². The fourth-order valence-corrected chi connectivity index (χ4v) is 9.72. The number of phenolic OH excluding ortho intramolecular Hbond substituents is 1. The molecule has 1 saturated heterocycles. The lowest BCUT2D eigenvalue weighted by atomic mass is 9.88. The number of phenols is 1. The van der Waals surface area contributed by atoms with Gasteiger partial charge in [-0.15, -0.1) is 0 Å². The molecule has 4 heterocycles. The van der Waals surface area contributed by atoms with Crippen LogP contribution in [0.2, 0.25) is 0 Å². The molecular formula is C51H59N3O17. The van der Waals surface area contributed by atoms with Gasteiger partial charge >= 0.3 is 11.9 Å². The summed E-state index contributed by atoms with van der Waals surface area (Å²) in [4.78, 5) is 51.6. The highest BCUT2D eigenvalue weighted by Crippen LogP contribution is 2.42. The maximum atomic E-state index is 14.0. The second kappa shape index (κ2) is 21.8. The second-order valence-electron chi connectivity index (χ2n) is 18.4. The number of unbranched alkanes of at least 4 members (excludes halogenated alkanes) is 1. The molecule has 0 radical (unpaired) electrons. The Kier molecular flexibility index (Phi) is 15.7. The van der Waals surface area contributed by atoms with Crippen LogP contribution in [-0.2, 0) is 30.3 Å². The summed E-state index contributed by atoms with van der Waals surface area (Å²) in [5.74, 6) is -9.59. The molecule has 380 valence electrons. The largest absolute Gasteiger partial charge is 0.508 e. The maximum Gasteiger partial charge on any atom is 0.327 e. The Morgan fingerprint density at radius 3 is 2.41 bits per heavy atom. The van der Waals surface area contributed by atoms with E-state index in [1.807, 2.05) is 25.1 Å². The van der Waals surface area contributed by atoms with Crippen LogP contribution in [0.3, 0.4) is 0 Å². The fourth-order valence-electron chi connectivity index (χ4n) is 9.72. The molecule has 3 aromatic carbocycles. The smallest absolute Gasteiger partial charge is 0.327 e. The van der Waals surface area contributed by atoms with Gasteiger partial charge in [-0.05, 0) is 92.6 Å². The van der Waals surface area contributed by atoms with E-state index < -0.39 is 91.2 Å². The summed E-state index contributed by atoms with van der Waals surface area (Å²) >= 11 is 0. The molecule has 8 unspecified atom stereocenters. The molecule has 2 fully saturated rings. The van der Waals surface area contributed by atoms with E-state index >= 15 is 0 Å². The molecule has 0 amide bonds. The number of aromatic hydroxyl groups is 1. The molecule has 1 aliphatic carbocycles. The van der Waals surface area contributed by atoms with Crippen LogP contribution in [0.25, 0.3) is 27.8 Å². The van der Waals surface area contributed by atoms with E-state index in [-0.39, 0.29) is 41.2 Å². The third-order valence-electron chi connectivity index (χ3n) is 13.3. The topological polar surface area (TPSA) is 311 Å². The van der Waals surface area contributed by atoms with Crippen molar-refractivity contribution in [2.75, 3.05) is 26.4 Å². The van der Waals surface area contributed by atoms with Crippen LogP contribution in [0, 0.1) is 12.8 Å². The predicted molar refractivity (Wildman–Crippen MR) is 253 cm³/mol. The summed E-state index contributed by atoms with van der Waals surface area (Å²) in [5, 5.41) is 102. The number of carbonyl (C=O) groups excluding carboxylic acids is 1. The average Bonchev–Trinajstić information content (AvgIpc) is 3.93. The lowest BCUT2D eigenvalue weighted by Crippen LogP contribution is -2.69.